The van der Waals surface area contributed by atoms with E-state index in [1.165, 1.54) is 27.7 Å². The van der Waals surface area contributed by atoms with E-state index in [-0.39, 0.29) is 11.1 Å². The molecule has 0 atom stereocenters. The predicted molar refractivity (Wildman–Crippen MR) is 115 cm³/mol. The van der Waals surface area contributed by atoms with Crippen LogP contribution >= 0.6 is 67.9 Å². The Bertz CT molecular complexity index is 908. The average molecular weight is 648 g/mol. The van der Waals surface area contributed by atoms with Crippen molar-refractivity contribution in [1.82, 2.24) is 0 Å². The van der Waals surface area contributed by atoms with E-state index in [1.807, 2.05) is 45.2 Å². The first-order valence-corrected chi connectivity index (χ1v) is 11.4. The van der Waals surface area contributed by atoms with E-state index >= 15 is 0 Å². The van der Waals surface area contributed by atoms with Crippen LogP contribution in [0.25, 0.3) is 11.1 Å². The van der Waals surface area contributed by atoms with E-state index in [2.05, 4.69) is 0 Å². The molecule has 0 unspecified atom stereocenters. The van der Waals surface area contributed by atoms with Crippen molar-refractivity contribution in [2.75, 3.05) is 0 Å². The lowest BCUT2D eigenvalue weighted by atomic mass is 9.92. The van der Waals surface area contributed by atoms with E-state index in [1.54, 1.807) is 0 Å². The summed E-state index contributed by atoms with van der Waals surface area (Å²) in [7, 11) is 0. The molecule has 0 N–H and O–H groups in total. The zero-order chi connectivity index (χ0) is 20.7. The van der Waals surface area contributed by atoms with E-state index in [0.29, 0.717) is 26.6 Å². The zero-order valence-corrected chi connectivity index (χ0v) is 20.3. The van der Waals surface area contributed by atoms with Gasteiger partial charge in [0.1, 0.15) is 0 Å². The summed E-state index contributed by atoms with van der Waals surface area (Å²) < 4.78 is 89.4. The molecule has 0 bridgehead atoms. The number of thiophene rings is 2. The van der Waals surface area contributed by atoms with Gasteiger partial charge >= 0.3 is 17.8 Å². The molecule has 0 spiro atoms. The topological polar surface area (TPSA) is 0 Å². The average Bonchev–Trinajstić information content (AvgIpc) is 2.95. The van der Waals surface area contributed by atoms with Crippen LogP contribution in [0.15, 0.2) is 0 Å². The summed E-state index contributed by atoms with van der Waals surface area (Å²) in [5, 5.41) is 0. The molecule has 0 saturated heterocycles. The number of alkyl halides is 6. The molecule has 10 heteroatoms. The van der Waals surface area contributed by atoms with Gasteiger partial charge in [0.2, 0.25) is 0 Å². The summed E-state index contributed by atoms with van der Waals surface area (Å²) in [5.74, 6) is -15.5. The van der Waals surface area contributed by atoms with Gasteiger partial charge in [0, 0.05) is 32.0 Å². The van der Waals surface area contributed by atoms with Crippen LogP contribution in [0.1, 0.15) is 32.0 Å². The number of rotatable bonds is 2. The standard InChI is InChI=1S/C17H12F6I2S2/c1-5-9(7(3)26-13(5)24)11-12(10-6(2)14(25)27-8(10)4)16(20,21)17(22,23)15(11,18)19/h1-4H3. The Labute approximate surface area is 187 Å². The van der Waals surface area contributed by atoms with Gasteiger partial charge in [-0.15, -0.1) is 22.7 Å². The fraction of sp³-hybridized carbons (Fsp3) is 0.412. The first-order chi connectivity index (χ1) is 12.2. The molecule has 0 nitrogen and oxygen atoms in total. The van der Waals surface area contributed by atoms with Crippen molar-refractivity contribution in [3.05, 3.63) is 37.8 Å². The molecule has 1 aliphatic rings. The Hall–Kier alpha value is 0.180. The molecule has 0 aromatic carbocycles. The van der Waals surface area contributed by atoms with Crippen molar-refractivity contribution < 1.29 is 26.3 Å². The third kappa shape index (κ3) is 2.78. The lowest BCUT2D eigenvalue weighted by molar-refractivity contribution is -0.254. The SMILES string of the molecule is Cc1sc(I)c(C)c1C1=C(c2c(C)sc(I)c2C)C(F)(F)C(F)(F)C1(F)F. The molecule has 2 aromatic rings. The van der Waals surface area contributed by atoms with Crippen LogP contribution in [0.2, 0.25) is 0 Å². The first kappa shape index (κ1) is 21.9. The van der Waals surface area contributed by atoms with Gasteiger partial charge in [0.15, 0.2) is 0 Å². The second-order valence-corrected chi connectivity index (χ2v) is 12.4. The smallest absolute Gasteiger partial charge is 0.194 e. The van der Waals surface area contributed by atoms with Crippen molar-refractivity contribution in [2.45, 2.75) is 45.5 Å². The van der Waals surface area contributed by atoms with Crippen LogP contribution < -0.4 is 0 Å². The molecular formula is C17H12F6I2S2. The van der Waals surface area contributed by atoms with Gasteiger partial charge < -0.3 is 0 Å². The minimum atomic E-state index is -5.51. The molecule has 2 heterocycles. The van der Waals surface area contributed by atoms with Crippen LogP contribution in [-0.2, 0) is 0 Å². The molecule has 3 rings (SSSR count). The van der Waals surface area contributed by atoms with Crippen LogP contribution in [0.5, 0.6) is 0 Å². The van der Waals surface area contributed by atoms with Gasteiger partial charge in [-0.05, 0) is 84.0 Å². The zero-order valence-electron chi connectivity index (χ0n) is 14.3. The van der Waals surface area contributed by atoms with Gasteiger partial charge in [0.05, 0.1) is 5.77 Å². The van der Waals surface area contributed by atoms with Crippen LogP contribution in [0.3, 0.4) is 0 Å². The second-order valence-electron chi connectivity index (χ2n) is 6.34. The lowest BCUT2D eigenvalue weighted by Gasteiger charge is -2.26. The predicted octanol–water partition coefficient (Wildman–Crippen LogP) is 8.08. The fourth-order valence-electron chi connectivity index (χ4n) is 3.36. The van der Waals surface area contributed by atoms with Crippen molar-refractivity contribution in [1.29, 1.82) is 0 Å². The number of hydrogen-bond acceptors (Lipinski definition) is 2. The van der Waals surface area contributed by atoms with E-state index in [0.717, 1.165) is 22.7 Å². The van der Waals surface area contributed by atoms with Crippen LogP contribution in [-0.4, -0.2) is 17.8 Å². The second kappa shape index (κ2) is 6.59. The molecule has 0 saturated carbocycles. The molecule has 0 radical (unpaired) electrons. The van der Waals surface area contributed by atoms with Crippen molar-refractivity contribution >= 4 is 79.0 Å². The Morgan fingerprint density at radius 2 is 0.926 bits per heavy atom. The van der Waals surface area contributed by atoms with Gasteiger partial charge in [-0.1, -0.05) is 0 Å². The molecule has 0 aliphatic heterocycles. The Morgan fingerprint density at radius 3 is 1.15 bits per heavy atom. The van der Waals surface area contributed by atoms with E-state index in [4.69, 9.17) is 0 Å². The summed E-state index contributed by atoms with van der Waals surface area (Å²) in [5.41, 5.74) is -2.24. The van der Waals surface area contributed by atoms with Crippen molar-refractivity contribution in [3.8, 4) is 0 Å². The first-order valence-electron chi connectivity index (χ1n) is 7.58. The molecule has 1 aliphatic carbocycles. The minimum absolute atomic E-state index is 0.193. The Kier molecular flexibility index (Phi) is 5.34. The highest BCUT2D eigenvalue weighted by Crippen LogP contribution is 2.66. The highest BCUT2D eigenvalue weighted by molar-refractivity contribution is 14.1. The highest BCUT2D eigenvalue weighted by atomic mass is 127. The van der Waals surface area contributed by atoms with Crippen molar-refractivity contribution in [3.63, 3.8) is 0 Å². The quantitative estimate of drug-likeness (QED) is 0.228. The molecular weight excluding hydrogens is 636 g/mol. The molecule has 0 fully saturated rings. The summed E-state index contributed by atoms with van der Waals surface area (Å²) >= 11 is 6.06. The van der Waals surface area contributed by atoms with Crippen LogP contribution in [0.4, 0.5) is 26.3 Å². The molecule has 0 amide bonds. The fourth-order valence-corrected chi connectivity index (χ4v) is 7.65. The number of aryl methyl sites for hydroxylation is 2. The largest absolute Gasteiger partial charge is 0.380 e. The maximum atomic E-state index is 14.9. The summed E-state index contributed by atoms with van der Waals surface area (Å²) in [6.07, 6.45) is 0. The normalized spacial score (nSPS) is 20.6. The number of hydrogen-bond donors (Lipinski definition) is 0. The van der Waals surface area contributed by atoms with E-state index < -0.39 is 28.9 Å². The third-order valence-corrected chi connectivity index (χ3v) is 9.63. The van der Waals surface area contributed by atoms with Crippen molar-refractivity contribution in [2.24, 2.45) is 0 Å². The number of allylic oxidation sites excluding steroid dienone is 2. The lowest BCUT2D eigenvalue weighted by Crippen LogP contribution is -2.49. The van der Waals surface area contributed by atoms with Gasteiger partial charge in [-0.25, -0.2) is 0 Å². The highest BCUT2D eigenvalue weighted by Gasteiger charge is 2.80. The summed E-state index contributed by atoms with van der Waals surface area (Å²) in [6.45, 7) is 5.96. The van der Waals surface area contributed by atoms with Gasteiger partial charge in [0.25, 0.3) is 0 Å². The summed E-state index contributed by atoms with van der Waals surface area (Å²) in [6, 6.07) is 0. The molecule has 2 aromatic heterocycles. The van der Waals surface area contributed by atoms with Gasteiger partial charge in [-0.2, -0.15) is 26.3 Å². The Balaban J connectivity index is 2.55. The monoisotopic (exact) mass is 648 g/mol. The minimum Gasteiger partial charge on any atom is -0.194 e. The molecule has 27 heavy (non-hydrogen) atoms. The summed E-state index contributed by atoms with van der Waals surface area (Å²) in [4.78, 5) is 0.635. The maximum Gasteiger partial charge on any atom is 0.380 e. The van der Waals surface area contributed by atoms with Gasteiger partial charge in [-0.3, -0.25) is 0 Å². The van der Waals surface area contributed by atoms with Crippen LogP contribution in [0, 0.1) is 33.5 Å². The third-order valence-electron chi connectivity index (χ3n) is 4.70. The molecule has 148 valence electrons. The number of halogens is 8. The maximum absolute atomic E-state index is 14.9. The Morgan fingerprint density at radius 1 is 0.630 bits per heavy atom. The van der Waals surface area contributed by atoms with E-state index in [9.17, 15) is 26.3 Å².